The second-order valence-electron chi connectivity index (χ2n) is 9.68. The number of hydrogen-bond donors (Lipinski definition) is 3. The van der Waals surface area contributed by atoms with Crippen LogP contribution in [0.5, 0.6) is 0 Å². The molecule has 1 saturated heterocycles. The third-order valence-electron chi connectivity index (χ3n) is 7.50. The monoisotopic (exact) mass is 408 g/mol. The largest absolute Gasteiger partial charge is 0.481 e. The molecule has 3 N–H and O–H groups in total. The second kappa shape index (κ2) is 11.5. The topological polar surface area (TPSA) is 87.0 Å². The van der Waals surface area contributed by atoms with Gasteiger partial charge in [0.25, 0.3) is 0 Å². The lowest BCUT2D eigenvalue weighted by atomic mass is 9.84. The van der Waals surface area contributed by atoms with Crippen LogP contribution in [0.25, 0.3) is 0 Å². The molecule has 6 atom stereocenters. The van der Waals surface area contributed by atoms with Crippen molar-refractivity contribution in [3.8, 4) is 0 Å². The first kappa shape index (κ1) is 22.8. The number of hydrogen-bond acceptors (Lipinski definition) is 4. The van der Waals surface area contributed by atoms with Gasteiger partial charge in [-0.2, -0.15) is 0 Å². The lowest BCUT2D eigenvalue weighted by molar-refractivity contribution is -0.137. The molecule has 166 valence electrons. The standard InChI is InChI=1S/C24H40O5/c25-19(11-9-17-5-2-1-3-6-17)12-14-20-21-13-10-18(7-4-8-24(27)28)16-29-23(21)15-22(20)26/h12,14,17-23,25-26H,1-11,13,15-16H2,(H,27,28)/b14-12+/t18-,19-,20+,21+,22+,23-/m0/s1. The van der Waals surface area contributed by atoms with Crippen molar-refractivity contribution in [2.75, 3.05) is 6.61 Å². The molecule has 3 rings (SSSR count). The Kier molecular flexibility index (Phi) is 9.01. The van der Waals surface area contributed by atoms with Crippen molar-refractivity contribution >= 4 is 5.97 Å². The summed E-state index contributed by atoms with van der Waals surface area (Å²) in [6.07, 6.45) is 16.4. The third-order valence-corrected chi connectivity index (χ3v) is 7.50. The smallest absolute Gasteiger partial charge is 0.303 e. The summed E-state index contributed by atoms with van der Waals surface area (Å²) in [4.78, 5) is 10.7. The van der Waals surface area contributed by atoms with Crippen molar-refractivity contribution < 1.29 is 24.9 Å². The van der Waals surface area contributed by atoms with Crippen LogP contribution in [0.4, 0.5) is 0 Å². The summed E-state index contributed by atoms with van der Waals surface area (Å²) >= 11 is 0. The van der Waals surface area contributed by atoms with E-state index in [0.29, 0.717) is 31.3 Å². The average Bonchev–Trinajstić information content (AvgIpc) is 2.87. The van der Waals surface area contributed by atoms with E-state index in [1.807, 2.05) is 6.08 Å². The fraction of sp³-hybridized carbons (Fsp3) is 0.875. The van der Waals surface area contributed by atoms with Gasteiger partial charge in [-0.05, 0) is 56.3 Å². The number of rotatable bonds is 9. The molecule has 5 nitrogen and oxygen atoms in total. The van der Waals surface area contributed by atoms with Crippen molar-refractivity contribution in [3.05, 3.63) is 12.2 Å². The van der Waals surface area contributed by atoms with Crippen LogP contribution in [0, 0.1) is 23.7 Å². The number of fused-ring (bicyclic) bond motifs is 1. The summed E-state index contributed by atoms with van der Waals surface area (Å²) < 4.78 is 6.13. The predicted octanol–water partition coefficient (Wildman–Crippen LogP) is 4.31. The molecule has 0 unspecified atom stereocenters. The zero-order chi connectivity index (χ0) is 20.6. The molecule has 5 heteroatoms. The highest BCUT2D eigenvalue weighted by Crippen LogP contribution is 2.42. The lowest BCUT2D eigenvalue weighted by Crippen LogP contribution is -2.21. The molecular weight excluding hydrogens is 368 g/mol. The molecule has 2 saturated carbocycles. The number of aliphatic hydroxyl groups excluding tert-OH is 2. The average molecular weight is 409 g/mol. The molecule has 2 aliphatic carbocycles. The third kappa shape index (κ3) is 7.08. The molecule has 0 amide bonds. The number of carbonyl (C=O) groups is 1. The van der Waals surface area contributed by atoms with E-state index < -0.39 is 18.2 Å². The molecular formula is C24H40O5. The highest BCUT2D eigenvalue weighted by Gasteiger charge is 2.43. The molecule has 29 heavy (non-hydrogen) atoms. The predicted molar refractivity (Wildman–Crippen MR) is 113 cm³/mol. The van der Waals surface area contributed by atoms with Gasteiger partial charge in [0.05, 0.1) is 18.3 Å². The Balaban J connectivity index is 1.45. The van der Waals surface area contributed by atoms with Gasteiger partial charge in [-0.15, -0.1) is 0 Å². The highest BCUT2D eigenvalue weighted by molar-refractivity contribution is 5.66. The van der Waals surface area contributed by atoms with Gasteiger partial charge >= 0.3 is 5.97 Å². The highest BCUT2D eigenvalue weighted by atomic mass is 16.5. The summed E-state index contributed by atoms with van der Waals surface area (Å²) in [7, 11) is 0. The Bertz CT molecular complexity index is 527. The summed E-state index contributed by atoms with van der Waals surface area (Å²) in [5.74, 6) is 0.828. The van der Waals surface area contributed by atoms with Gasteiger partial charge in [-0.3, -0.25) is 4.79 Å². The van der Waals surface area contributed by atoms with E-state index in [2.05, 4.69) is 6.08 Å². The molecule has 0 bridgehead atoms. The first-order valence-corrected chi connectivity index (χ1v) is 11.9. The summed E-state index contributed by atoms with van der Waals surface area (Å²) in [6, 6.07) is 0. The fourth-order valence-electron chi connectivity index (χ4n) is 5.72. The summed E-state index contributed by atoms with van der Waals surface area (Å²) in [5.41, 5.74) is 0. The number of aliphatic carboxylic acids is 1. The maximum atomic E-state index is 10.7. The number of carboxylic acid groups (broad SMARTS) is 1. The Morgan fingerprint density at radius 1 is 1.07 bits per heavy atom. The van der Waals surface area contributed by atoms with E-state index in [1.54, 1.807) is 0 Å². The number of carboxylic acids is 1. The van der Waals surface area contributed by atoms with Crippen LogP contribution < -0.4 is 0 Å². The van der Waals surface area contributed by atoms with Gasteiger partial charge in [0.1, 0.15) is 0 Å². The maximum Gasteiger partial charge on any atom is 0.303 e. The minimum Gasteiger partial charge on any atom is -0.481 e. The Labute approximate surface area is 175 Å². The van der Waals surface area contributed by atoms with Crippen molar-refractivity contribution in [2.45, 2.75) is 102 Å². The van der Waals surface area contributed by atoms with Crippen LogP contribution in [0.3, 0.4) is 0 Å². The van der Waals surface area contributed by atoms with Crippen molar-refractivity contribution in [1.82, 2.24) is 0 Å². The normalized spacial score (nSPS) is 34.8. The van der Waals surface area contributed by atoms with Crippen molar-refractivity contribution in [1.29, 1.82) is 0 Å². The molecule has 3 aliphatic rings. The molecule has 0 aromatic rings. The summed E-state index contributed by atoms with van der Waals surface area (Å²) in [5, 5.41) is 29.8. The van der Waals surface area contributed by atoms with Crippen LogP contribution in [0.1, 0.15) is 83.5 Å². The van der Waals surface area contributed by atoms with Crippen molar-refractivity contribution in [2.24, 2.45) is 23.7 Å². The van der Waals surface area contributed by atoms with Gasteiger partial charge < -0.3 is 20.1 Å². The number of aliphatic hydroxyl groups is 2. The number of ether oxygens (including phenoxy) is 1. The van der Waals surface area contributed by atoms with E-state index in [1.165, 1.54) is 32.1 Å². The van der Waals surface area contributed by atoms with Gasteiger partial charge in [0, 0.05) is 25.4 Å². The zero-order valence-electron chi connectivity index (χ0n) is 17.8. The van der Waals surface area contributed by atoms with Crippen molar-refractivity contribution in [3.63, 3.8) is 0 Å². The second-order valence-corrected chi connectivity index (χ2v) is 9.68. The molecule has 0 aromatic heterocycles. The Morgan fingerprint density at radius 3 is 2.62 bits per heavy atom. The molecule has 1 aliphatic heterocycles. The first-order valence-electron chi connectivity index (χ1n) is 11.9. The molecule has 0 spiro atoms. The minimum absolute atomic E-state index is 0.0575. The fourth-order valence-corrected chi connectivity index (χ4v) is 5.72. The minimum atomic E-state index is -0.730. The van der Waals surface area contributed by atoms with E-state index >= 15 is 0 Å². The van der Waals surface area contributed by atoms with E-state index in [4.69, 9.17) is 9.84 Å². The van der Waals surface area contributed by atoms with Crippen LogP contribution in [0.15, 0.2) is 12.2 Å². The van der Waals surface area contributed by atoms with E-state index in [9.17, 15) is 15.0 Å². The SMILES string of the molecule is O=C(O)CCC[C@H]1CC[C@@H]2[C@@H](/C=C/[C@@H](O)CCC3CCCCC3)[C@H](O)C[C@@H]2OC1. The van der Waals surface area contributed by atoms with E-state index in [-0.39, 0.29) is 18.4 Å². The maximum absolute atomic E-state index is 10.7. The zero-order valence-corrected chi connectivity index (χ0v) is 17.8. The van der Waals surface area contributed by atoms with Gasteiger partial charge in [-0.1, -0.05) is 44.3 Å². The molecule has 3 fully saturated rings. The molecule has 0 aromatic carbocycles. The van der Waals surface area contributed by atoms with Gasteiger partial charge in [0.15, 0.2) is 0 Å². The van der Waals surface area contributed by atoms with Gasteiger partial charge in [0.2, 0.25) is 0 Å². The summed E-state index contributed by atoms with van der Waals surface area (Å²) in [6.45, 7) is 0.675. The Hall–Kier alpha value is -0.910. The first-order chi connectivity index (χ1) is 14.0. The molecule has 1 heterocycles. The molecule has 0 radical (unpaired) electrons. The van der Waals surface area contributed by atoms with Crippen LogP contribution in [0.2, 0.25) is 0 Å². The Morgan fingerprint density at radius 2 is 1.86 bits per heavy atom. The quantitative estimate of drug-likeness (QED) is 0.495. The van der Waals surface area contributed by atoms with Crippen LogP contribution in [-0.2, 0) is 9.53 Å². The van der Waals surface area contributed by atoms with E-state index in [0.717, 1.165) is 38.0 Å². The van der Waals surface area contributed by atoms with Gasteiger partial charge in [-0.25, -0.2) is 0 Å². The van der Waals surface area contributed by atoms with Crippen LogP contribution >= 0.6 is 0 Å². The lowest BCUT2D eigenvalue weighted by Gasteiger charge is -2.23. The van der Waals surface area contributed by atoms with Crippen LogP contribution in [-0.4, -0.2) is 46.2 Å².